The number of halogens is 1. The smallest absolute Gasteiger partial charge is 0.410 e. The molecule has 0 fully saturated rings. The van der Waals surface area contributed by atoms with Gasteiger partial charge in [-0.3, -0.25) is 4.79 Å². The Morgan fingerprint density at radius 2 is 1.96 bits per heavy atom. The van der Waals surface area contributed by atoms with E-state index < -0.39 is 17.5 Å². The number of nitrogens with one attached hydrogen (secondary N) is 1. The fourth-order valence-corrected chi connectivity index (χ4v) is 1.70. The fourth-order valence-electron chi connectivity index (χ4n) is 1.70. The summed E-state index contributed by atoms with van der Waals surface area (Å²) in [7, 11) is 2.85. The van der Waals surface area contributed by atoms with E-state index in [2.05, 4.69) is 5.32 Å². The maximum Gasteiger partial charge on any atom is 0.410 e. The molecule has 7 heteroatoms. The number of carbonyl (C=O) groups is 2. The van der Waals surface area contributed by atoms with Crippen LogP contribution in [0, 0.1) is 5.82 Å². The maximum absolute atomic E-state index is 13.5. The molecule has 0 spiro atoms. The van der Waals surface area contributed by atoms with Crippen molar-refractivity contribution in [3.8, 4) is 5.75 Å². The molecule has 0 aliphatic rings. The van der Waals surface area contributed by atoms with Crippen molar-refractivity contribution in [3.05, 3.63) is 29.6 Å². The number of amides is 2. The van der Waals surface area contributed by atoms with Crippen LogP contribution in [0.25, 0.3) is 0 Å². The number of hydrogen-bond acceptors (Lipinski definition) is 4. The minimum atomic E-state index is -0.623. The van der Waals surface area contributed by atoms with Crippen LogP contribution < -0.4 is 10.1 Å². The Balaban J connectivity index is 2.48. The second kappa shape index (κ2) is 7.80. The number of benzene rings is 1. The van der Waals surface area contributed by atoms with E-state index in [1.807, 2.05) is 0 Å². The molecule has 0 saturated heterocycles. The molecular formula is C16H23FN2O4. The molecule has 6 nitrogen and oxygen atoms in total. The van der Waals surface area contributed by atoms with Crippen LogP contribution in [0.4, 0.5) is 9.18 Å². The first kappa shape index (κ1) is 18.7. The van der Waals surface area contributed by atoms with Crippen LogP contribution in [0.1, 0.15) is 26.3 Å². The lowest BCUT2D eigenvalue weighted by molar-refractivity contribution is -0.122. The van der Waals surface area contributed by atoms with Gasteiger partial charge in [0, 0.05) is 13.6 Å². The van der Waals surface area contributed by atoms with Crippen LogP contribution in [0.5, 0.6) is 5.75 Å². The number of ether oxygens (including phenoxy) is 2. The lowest BCUT2D eigenvalue weighted by Crippen LogP contribution is -2.40. The number of methoxy groups -OCH3 is 1. The molecule has 1 N–H and O–H groups in total. The Kier molecular flexibility index (Phi) is 6.36. The van der Waals surface area contributed by atoms with Crippen molar-refractivity contribution in [1.29, 1.82) is 0 Å². The number of likely N-dealkylation sites (N-methyl/N-ethyl adjacent to an activating group) is 1. The Labute approximate surface area is 135 Å². The van der Waals surface area contributed by atoms with Crippen LogP contribution >= 0.6 is 0 Å². The van der Waals surface area contributed by atoms with Gasteiger partial charge < -0.3 is 19.7 Å². The summed E-state index contributed by atoms with van der Waals surface area (Å²) < 4.78 is 23.5. The van der Waals surface area contributed by atoms with Crippen molar-refractivity contribution in [2.75, 3.05) is 20.7 Å². The number of hydrogen-bond donors (Lipinski definition) is 1. The van der Waals surface area contributed by atoms with Crippen molar-refractivity contribution < 1.29 is 23.5 Å². The van der Waals surface area contributed by atoms with E-state index in [9.17, 15) is 14.0 Å². The molecule has 0 aromatic heterocycles. The Morgan fingerprint density at radius 3 is 2.48 bits per heavy atom. The van der Waals surface area contributed by atoms with Crippen LogP contribution in [-0.4, -0.2) is 43.2 Å². The van der Waals surface area contributed by atoms with E-state index in [-0.39, 0.29) is 24.7 Å². The van der Waals surface area contributed by atoms with Gasteiger partial charge in [-0.05, 0) is 38.5 Å². The molecule has 1 aromatic carbocycles. The zero-order valence-electron chi connectivity index (χ0n) is 14.1. The topological polar surface area (TPSA) is 67.9 Å². The van der Waals surface area contributed by atoms with Crippen LogP contribution in [0.3, 0.4) is 0 Å². The predicted molar refractivity (Wildman–Crippen MR) is 83.7 cm³/mol. The summed E-state index contributed by atoms with van der Waals surface area (Å²) in [5.41, 5.74) is -0.0285. The van der Waals surface area contributed by atoms with Gasteiger partial charge in [-0.25, -0.2) is 9.18 Å². The molecule has 0 bridgehead atoms. The van der Waals surface area contributed by atoms with Crippen molar-refractivity contribution in [3.63, 3.8) is 0 Å². The maximum atomic E-state index is 13.5. The molecule has 0 heterocycles. The fraction of sp³-hybridized carbons (Fsp3) is 0.500. The van der Waals surface area contributed by atoms with Crippen molar-refractivity contribution in [1.82, 2.24) is 10.2 Å². The third-order valence-electron chi connectivity index (χ3n) is 2.79. The van der Waals surface area contributed by atoms with E-state index in [1.165, 1.54) is 31.2 Å². The highest BCUT2D eigenvalue weighted by Crippen LogP contribution is 2.17. The quantitative estimate of drug-likeness (QED) is 0.902. The standard InChI is InChI=1S/C16H23FN2O4/c1-16(2,3)23-15(21)19(4)10-14(20)18-9-11-6-7-13(22-5)12(17)8-11/h6-8H,9-10H2,1-5H3,(H,18,20). The predicted octanol–water partition coefficient (Wildman–Crippen LogP) is 2.32. The lowest BCUT2D eigenvalue weighted by Gasteiger charge is -2.24. The van der Waals surface area contributed by atoms with Gasteiger partial charge in [-0.2, -0.15) is 0 Å². The van der Waals surface area contributed by atoms with Gasteiger partial charge >= 0.3 is 6.09 Å². The second-order valence-corrected chi connectivity index (χ2v) is 6.08. The second-order valence-electron chi connectivity index (χ2n) is 6.08. The highest BCUT2D eigenvalue weighted by molar-refractivity contribution is 5.82. The average Bonchev–Trinajstić information content (AvgIpc) is 2.43. The third kappa shape index (κ3) is 6.54. The number of carbonyl (C=O) groups excluding carboxylic acids is 2. The van der Waals surface area contributed by atoms with Gasteiger partial charge in [0.25, 0.3) is 0 Å². The summed E-state index contributed by atoms with van der Waals surface area (Å²) in [5, 5.41) is 2.62. The van der Waals surface area contributed by atoms with Gasteiger partial charge in [0.15, 0.2) is 11.6 Å². The largest absolute Gasteiger partial charge is 0.494 e. The van der Waals surface area contributed by atoms with E-state index in [0.717, 1.165) is 0 Å². The monoisotopic (exact) mass is 326 g/mol. The first-order chi connectivity index (χ1) is 10.6. The molecule has 1 rings (SSSR count). The first-order valence-electron chi connectivity index (χ1n) is 7.15. The zero-order valence-corrected chi connectivity index (χ0v) is 14.1. The van der Waals surface area contributed by atoms with E-state index >= 15 is 0 Å². The Bertz CT molecular complexity index is 570. The summed E-state index contributed by atoms with van der Waals surface area (Å²) in [5.74, 6) is -0.718. The minimum absolute atomic E-state index is 0.143. The van der Waals surface area contributed by atoms with Crippen molar-refractivity contribution >= 4 is 12.0 Å². The summed E-state index contributed by atoms with van der Waals surface area (Å²) in [6.45, 7) is 5.25. The molecule has 0 unspecified atom stereocenters. The molecule has 0 radical (unpaired) electrons. The molecule has 0 aliphatic carbocycles. The van der Waals surface area contributed by atoms with E-state index in [1.54, 1.807) is 26.8 Å². The van der Waals surface area contributed by atoms with Gasteiger partial charge in [0.1, 0.15) is 12.1 Å². The molecule has 1 aromatic rings. The zero-order chi connectivity index (χ0) is 17.6. The van der Waals surface area contributed by atoms with Crippen LogP contribution in [0.2, 0.25) is 0 Å². The number of rotatable bonds is 5. The van der Waals surface area contributed by atoms with Crippen molar-refractivity contribution in [2.45, 2.75) is 32.9 Å². The third-order valence-corrected chi connectivity index (χ3v) is 2.79. The van der Waals surface area contributed by atoms with Crippen LogP contribution in [-0.2, 0) is 16.1 Å². The van der Waals surface area contributed by atoms with E-state index in [4.69, 9.17) is 9.47 Å². The molecule has 2 amide bonds. The molecule has 0 aliphatic heterocycles. The summed E-state index contributed by atoms with van der Waals surface area (Å²) >= 11 is 0. The minimum Gasteiger partial charge on any atom is -0.494 e. The first-order valence-corrected chi connectivity index (χ1v) is 7.15. The lowest BCUT2D eigenvalue weighted by atomic mass is 10.2. The molecule has 0 atom stereocenters. The SMILES string of the molecule is COc1ccc(CNC(=O)CN(C)C(=O)OC(C)(C)C)cc1F. The Hall–Kier alpha value is -2.31. The van der Waals surface area contributed by atoms with Crippen molar-refractivity contribution in [2.24, 2.45) is 0 Å². The van der Waals surface area contributed by atoms with Gasteiger partial charge in [-0.1, -0.05) is 6.07 Å². The summed E-state index contributed by atoms with van der Waals surface area (Å²) in [6.07, 6.45) is -0.580. The highest BCUT2D eigenvalue weighted by atomic mass is 19.1. The average molecular weight is 326 g/mol. The Morgan fingerprint density at radius 1 is 1.30 bits per heavy atom. The van der Waals surface area contributed by atoms with Crippen LogP contribution in [0.15, 0.2) is 18.2 Å². The van der Waals surface area contributed by atoms with Gasteiger partial charge in [0.05, 0.1) is 7.11 Å². The van der Waals surface area contributed by atoms with E-state index in [0.29, 0.717) is 5.56 Å². The normalized spacial score (nSPS) is 10.9. The molecule has 23 heavy (non-hydrogen) atoms. The van der Waals surface area contributed by atoms with Gasteiger partial charge in [0.2, 0.25) is 5.91 Å². The molecule has 128 valence electrons. The highest BCUT2D eigenvalue weighted by Gasteiger charge is 2.21. The molecule has 0 saturated carbocycles. The summed E-state index contributed by atoms with van der Waals surface area (Å²) in [6, 6.07) is 4.43. The summed E-state index contributed by atoms with van der Waals surface area (Å²) in [4.78, 5) is 24.7. The molecular weight excluding hydrogens is 303 g/mol. The van der Waals surface area contributed by atoms with Gasteiger partial charge in [-0.15, -0.1) is 0 Å². The number of nitrogens with zero attached hydrogens (tertiary/aromatic N) is 1.